The van der Waals surface area contributed by atoms with Gasteiger partial charge >= 0.3 is 0 Å². The zero-order valence-electron chi connectivity index (χ0n) is 11.3. The Kier molecular flexibility index (Phi) is 5.05. The molecule has 2 aromatic heterocycles. The molecule has 1 amide bonds. The van der Waals surface area contributed by atoms with Crippen molar-refractivity contribution in [2.24, 2.45) is 0 Å². The van der Waals surface area contributed by atoms with Crippen molar-refractivity contribution in [1.29, 1.82) is 0 Å². The van der Waals surface area contributed by atoms with Gasteiger partial charge in [0.1, 0.15) is 5.82 Å². The number of anilines is 1. The molecule has 2 aromatic rings. The van der Waals surface area contributed by atoms with Gasteiger partial charge in [-0.25, -0.2) is 4.98 Å². The average molecular weight is 275 g/mol. The van der Waals surface area contributed by atoms with Crippen LogP contribution in [0.4, 0.5) is 5.82 Å². The van der Waals surface area contributed by atoms with Gasteiger partial charge in [0.25, 0.3) is 5.91 Å². The summed E-state index contributed by atoms with van der Waals surface area (Å²) in [5.74, 6) is 1.14. The second kappa shape index (κ2) is 7.22. The van der Waals surface area contributed by atoms with Crippen LogP contribution in [-0.4, -0.2) is 34.1 Å². The fourth-order valence-electron chi connectivity index (χ4n) is 1.61. The fraction of sp³-hybridized carbons (Fsp3) is 0.385. The highest BCUT2D eigenvalue weighted by Crippen LogP contribution is 2.06. The van der Waals surface area contributed by atoms with Crippen LogP contribution in [0.2, 0.25) is 0 Å². The number of hydrogen-bond donors (Lipinski definition) is 2. The van der Waals surface area contributed by atoms with Crippen LogP contribution in [0.15, 0.2) is 29.2 Å². The van der Waals surface area contributed by atoms with E-state index in [1.54, 1.807) is 18.3 Å². The number of pyridine rings is 1. The standard InChI is InChI=1S/C13H17N5O2/c1-2-5-14-12-8-10(3-6-15-12)13(19)16-7-4-11-17-9-20-18-11/h3,6,8-9H,2,4-5,7H2,1H3,(H,14,15)(H,16,19). The zero-order chi connectivity index (χ0) is 14.2. The molecule has 7 heteroatoms. The molecule has 0 aliphatic carbocycles. The molecule has 0 aliphatic rings. The number of amides is 1. The maximum atomic E-state index is 12.0. The van der Waals surface area contributed by atoms with Crippen LogP contribution >= 0.6 is 0 Å². The van der Waals surface area contributed by atoms with E-state index in [4.69, 9.17) is 0 Å². The Balaban J connectivity index is 1.85. The Hall–Kier alpha value is -2.44. The van der Waals surface area contributed by atoms with E-state index < -0.39 is 0 Å². The van der Waals surface area contributed by atoms with Crippen LogP contribution in [-0.2, 0) is 6.42 Å². The molecule has 2 rings (SSSR count). The van der Waals surface area contributed by atoms with Gasteiger partial charge in [0.15, 0.2) is 5.82 Å². The quantitative estimate of drug-likeness (QED) is 0.790. The lowest BCUT2D eigenvalue weighted by Crippen LogP contribution is -2.26. The lowest BCUT2D eigenvalue weighted by Gasteiger charge is -2.07. The van der Waals surface area contributed by atoms with Crippen molar-refractivity contribution in [1.82, 2.24) is 20.4 Å². The number of rotatable bonds is 7. The Morgan fingerprint density at radius 2 is 2.25 bits per heavy atom. The molecule has 0 atom stereocenters. The molecule has 0 unspecified atom stereocenters. The van der Waals surface area contributed by atoms with Gasteiger partial charge in [-0.1, -0.05) is 12.1 Å². The topological polar surface area (TPSA) is 92.9 Å². The summed E-state index contributed by atoms with van der Waals surface area (Å²) in [5, 5.41) is 9.63. The summed E-state index contributed by atoms with van der Waals surface area (Å²) in [5.41, 5.74) is 0.576. The van der Waals surface area contributed by atoms with E-state index in [-0.39, 0.29) is 5.91 Å². The summed E-state index contributed by atoms with van der Waals surface area (Å²) in [6.07, 6.45) is 4.43. The predicted molar refractivity (Wildman–Crippen MR) is 73.4 cm³/mol. The minimum atomic E-state index is -0.143. The third kappa shape index (κ3) is 4.04. The van der Waals surface area contributed by atoms with Crippen LogP contribution in [0.5, 0.6) is 0 Å². The minimum Gasteiger partial charge on any atom is -0.370 e. The molecular weight excluding hydrogens is 258 g/mol. The Morgan fingerprint density at radius 3 is 3.00 bits per heavy atom. The first-order chi connectivity index (χ1) is 9.79. The molecule has 7 nitrogen and oxygen atoms in total. The van der Waals surface area contributed by atoms with Gasteiger partial charge in [-0.3, -0.25) is 4.79 Å². The van der Waals surface area contributed by atoms with Crippen LogP contribution in [0, 0.1) is 0 Å². The third-order valence-corrected chi connectivity index (χ3v) is 2.62. The van der Waals surface area contributed by atoms with Crippen LogP contribution in [0.3, 0.4) is 0 Å². The van der Waals surface area contributed by atoms with Crippen molar-refractivity contribution in [3.8, 4) is 0 Å². The van der Waals surface area contributed by atoms with Gasteiger partial charge in [0.05, 0.1) is 0 Å². The number of carbonyl (C=O) groups is 1. The van der Waals surface area contributed by atoms with Crippen molar-refractivity contribution in [2.45, 2.75) is 19.8 Å². The first-order valence-corrected chi connectivity index (χ1v) is 6.53. The van der Waals surface area contributed by atoms with E-state index >= 15 is 0 Å². The highest BCUT2D eigenvalue weighted by molar-refractivity contribution is 5.94. The summed E-state index contributed by atoms with van der Waals surface area (Å²) in [6, 6.07) is 3.42. The van der Waals surface area contributed by atoms with Gasteiger partial charge < -0.3 is 15.2 Å². The highest BCUT2D eigenvalue weighted by atomic mass is 16.5. The minimum absolute atomic E-state index is 0.143. The van der Waals surface area contributed by atoms with Crippen molar-refractivity contribution >= 4 is 11.7 Å². The Morgan fingerprint density at radius 1 is 1.35 bits per heavy atom. The molecule has 0 fully saturated rings. The molecule has 0 aliphatic heterocycles. The van der Waals surface area contributed by atoms with Gasteiger partial charge in [-0.15, -0.1) is 0 Å². The summed E-state index contributed by atoms with van der Waals surface area (Å²) in [7, 11) is 0. The van der Waals surface area contributed by atoms with Gasteiger partial charge in [-0.05, 0) is 18.6 Å². The largest absolute Gasteiger partial charge is 0.370 e. The second-order valence-corrected chi connectivity index (χ2v) is 4.21. The van der Waals surface area contributed by atoms with E-state index in [1.807, 2.05) is 0 Å². The van der Waals surface area contributed by atoms with Crippen LogP contribution in [0.25, 0.3) is 0 Å². The molecule has 0 bridgehead atoms. The van der Waals surface area contributed by atoms with E-state index in [0.717, 1.165) is 13.0 Å². The maximum absolute atomic E-state index is 12.0. The number of nitrogens with one attached hydrogen (secondary N) is 2. The zero-order valence-corrected chi connectivity index (χ0v) is 11.3. The normalized spacial score (nSPS) is 10.2. The van der Waals surface area contributed by atoms with Crippen molar-refractivity contribution in [3.63, 3.8) is 0 Å². The molecular formula is C13H17N5O2. The molecule has 0 radical (unpaired) electrons. The fourth-order valence-corrected chi connectivity index (χ4v) is 1.61. The molecule has 106 valence electrons. The lowest BCUT2D eigenvalue weighted by atomic mass is 10.2. The Labute approximate surface area is 116 Å². The summed E-state index contributed by atoms with van der Waals surface area (Å²) in [6.45, 7) is 3.36. The predicted octanol–water partition coefficient (Wildman–Crippen LogP) is 1.26. The number of aromatic nitrogens is 3. The summed E-state index contributed by atoms with van der Waals surface area (Å²) in [4.78, 5) is 20.0. The van der Waals surface area contributed by atoms with Crippen molar-refractivity contribution in [3.05, 3.63) is 36.1 Å². The van der Waals surface area contributed by atoms with E-state index in [9.17, 15) is 4.79 Å². The second-order valence-electron chi connectivity index (χ2n) is 4.21. The van der Waals surface area contributed by atoms with Gasteiger partial charge in [0, 0.05) is 31.3 Å². The smallest absolute Gasteiger partial charge is 0.251 e. The molecule has 2 heterocycles. The molecule has 0 saturated carbocycles. The third-order valence-electron chi connectivity index (χ3n) is 2.62. The average Bonchev–Trinajstić information content (AvgIpc) is 2.98. The van der Waals surface area contributed by atoms with E-state index in [2.05, 4.69) is 37.2 Å². The molecule has 0 aromatic carbocycles. The number of nitrogens with zero attached hydrogens (tertiary/aromatic N) is 3. The molecule has 20 heavy (non-hydrogen) atoms. The first kappa shape index (κ1) is 14.0. The van der Waals surface area contributed by atoms with Crippen molar-refractivity contribution in [2.75, 3.05) is 18.4 Å². The monoisotopic (exact) mass is 275 g/mol. The molecule has 2 N–H and O–H groups in total. The summed E-state index contributed by atoms with van der Waals surface area (Å²) >= 11 is 0. The number of carbonyl (C=O) groups excluding carboxylic acids is 1. The summed E-state index contributed by atoms with van der Waals surface area (Å²) < 4.78 is 4.62. The van der Waals surface area contributed by atoms with E-state index in [1.165, 1.54) is 6.39 Å². The van der Waals surface area contributed by atoms with Crippen molar-refractivity contribution < 1.29 is 9.32 Å². The van der Waals surface area contributed by atoms with Crippen LogP contribution in [0.1, 0.15) is 29.5 Å². The first-order valence-electron chi connectivity index (χ1n) is 6.53. The molecule has 0 saturated heterocycles. The van der Waals surface area contributed by atoms with Gasteiger partial charge in [-0.2, -0.15) is 4.98 Å². The van der Waals surface area contributed by atoms with Crippen LogP contribution < -0.4 is 10.6 Å². The highest BCUT2D eigenvalue weighted by Gasteiger charge is 2.07. The lowest BCUT2D eigenvalue weighted by molar-refractivity contribution is 0.0954. The maximum Gasteiger partial charge on any atom is 0.251 e. The van der Waals surface area contributed by atoms with Gasteiger partial charge in [0.2, 0.25) is 6.39 Å². The number of hydrogen-bond acceptors (Lipinski definition) is 6. The Bertz CT molecular complexity index is 541. The molecule has 0 spiro atoms. The van der Waals surface area contributed by atoms with E-state index in [0.29, 0.717) is 30.2 Å². The SMILES string of the molecule is CCCNc1cc(C(=O)NCCc2ncon2)ccn1.